The van der Waals surface area contributed by atoms with Crippen molar-refractivity contribution < 1.29 is 14.6 Å². The summed E-state index contributed by atoms with van der Waals surface area (Å²) >= 11 is 0. The van der Waals surface area contributed by atoms with Gasteiger partial charge < -0.3 is 14.6 Å². The van der Waals surface area contributed by atoms with Gasteiger partial charge in [0.1, 0.15) is 0 Å². The number of hydrogen-bond donors (Lipinski definition) is 1. The number of hydrogen-bond acceptors (Lipinski definition) is 3. The molecule has 242 valence electrons. The van der Waals surface area contributed by atoms with Gasteiger partial charge in [-0.2, -0.15) is 0 Å². The normalized spacial score (nSPS) is 12.0. The standard InChI is InChI=1S/C37H76O3/c1-4-7-9-11-13-15-17-19-21-23-25-27-29-31-34-39-37(36-38,33-6-3)40-35-32-30-28-26-24-22-20-18-16-14-12-10-8-5-2/h38H,4-36H2,1-3H3. The van der Waals surface area contributed by atoms with Gasteiger partial charge in [0, 0.05) is 6.42 Å². The molecule has 1 N–H and O–H groups in total. The van der Waals surface area contributed by atoms with Crippen LogP contribution in [0.15, 0.2) is 0 Å². The smallest absolute Gasteiger partial charge is 0.191 e. The Morgan fingerprint density at radius 3 is 0.825 bits per heavy atom. The van der Waals surface area contributed by atoms with Gasteiger partial charge in [0.05, 0.1) is 19.8 Å². The molecule has 0 aromatic carbocycles. The minimum atomic E-state index is -0.776. The molecular formula is C37H76O3. The highest BCUT2D eigenvalue weighted by Gasteiger charge is 2.30. The molecule has 0 aromatic heterocycles. The van der Waals surface area contributed by atoms with Gasteiger partial charge in [0.15, 0.2) is 5.79 Å². The van der Waals surface area contributed by atoms with Crippen LogP contribution in [0.4, 0.5) is 0 Å². The second-order valence-electron chi connectivity index (χ2n) is 12.7. The van der Waals surface area contributed by atoms with E-state index >= 15 is 0 Å². The zero-order chi connectivity index (χ0) is 29.2. The number of aliphatic hydroxyl groups excluding tert-OH is 1. The summed E-state index contributed by atoms with van der Waals surface area (Å²) in [6.07, 6.45) is 40.0. The van der Waals surface area contributed by atoms with E-state index < -0.39 is 5.79 Å². The lowest BCUT2D eigenvalue weighted by Crippen LogP contribution is -2.40. The monoisotopic (exact) mass is 569 g/mol. The molecule has 0 aromatic rings. The fraction of sp³-hybridized carbons (Fsp3) is 1.00. The zero-order valence-electron chi connectivity index (χ0n) is 28.1. The summed E-state index contributed by atoms with van der Waals surface area (Å²) in [6, 6.07) is 0. The summed E-state index contributed by atoms with van der Waals surface area (Å²) in [5.41, 5.74) is 0. The molecule has 0 atom stereocenters. The van der Waals surface area contributed by atoms with Gasteiger partial charge in [-0.1, -0.05) is 194 Å². The molecule has 0 rings (SSSR count). The van der Waals surface area contributed by atoms with E-state index in [1.54, 1.807) is 0 Å². The molecule has 0 spiro atoms. The molecule has 0 saturated carbocycles. The van der Waals surface area contributed by atoms with E-state index in [4.69, 9.17) is 9.47 Å². The van der Waals surface area contributed by atoms with E-state index in [9.17, 15) is 5.11 Å². The highest BCUT2D eigenvalue weighted by Crippen LogP contribution is 2.22. The molecule has 3 nitrogen and oxygen atoms in total. The maximum absolute atomic E-state index is 10.1. The van der Waals surface area contributed by atoms with Crippen LogP contribution in [0.25, 0.3) is 0 Å². The van der Waals surface area contributed by atoms with Crippen LogP contribution in [0.3, 0.4) is 0 Å². The van der Waals surface area contributed by atoms with E-state index in [-0.39, 0.29) is 6.61 Å². The average Bonchev–Trinajstić information content (AvgIpc) is 2.97. The van der Waals surface area contributed by atoms with Crippen molar-refractivity contribution in [2.24, 2.45) is 0 Å². The summed E-state index contributed by atoms with van der Waals surface area (Å²) < 4.78 is 12.3. The van der Waals surface area contributed by atoms with Crippen LogP contribution in [-0.4, -0.2) is 30.7 Å². The minimum absolute atomic E-state index is 0.0297. The summed E-state index contributed by atoms with van der Waals surface area (Å²) in [5.74, 6) is -0.776. The Bertz CT molecular complexity index is 419. The third-order valence-corrected chi connectivity index (χ3v) is 8.60. The van der Waals surface area contributed by atoms with Crippen LogP contribution < -0.4 is 0 Å². The van der Waals surface area contributed by atoms with E-state index in [0.29, 0.717) is 13.2 Å². The highest BCUT2D eigenvalue weighted by molar-refractivity contribution is 4.69. The zero-order valence-corrected chi connectivity index (χ0v) is 28.1. The van der Waals surface area contributed by atoms with Gasteiger partial charge >= 0.3 is 0 Å². The van der Waals surface area contributed by atoms with Crippen molar-refractivity contribution >= 4 is 0 Å². The Hall–Kier alpha value is -0.120. The van der Waals surface area contributed by atoms with Gasteiger partial charge in [-0.15, -0.1) is 0 Å². The molecule has 0 aliphatic carbocycles. The fourth-order valence-electron chi connectivity index (χ4n) is 5.85. The molecule has 0 aliphatic heterocycles. The van der Waals surface area contributed by atoms with Crippen LogP contribution in [0.5, 0.6) is 0 Å². The molecule has 0 radical (unpaired) electrons. The third-order valence-electron chi connectivity index (χ3n) is 8.60. The topological polar surface area (TPSA) is 38.7 Å². The predicted molar refractivity (Wildman–Crippen MR) is 177 cm³/mol. The van der Waals surface area contributed by atoms with Crippen LogP contribution in [0, 0.1) is 0 Å². The van der Waals surface area contributed by atoms with Crippen LogP contribution in [0.1, 0.15) is 213 Å². The van der Waals surface area contributed by atoms with Crippen LogP contribution >= 0.6 is 0 Å². The van der Waals surface area contributed by atoms with Crippen molar-refractivity contribution in [1.82, 2.24) is 0 Å². The quantitative estimate of drug-likeness (QED) is 0.0610. The van der Waals surface area contributed by atoms with Gasteiger partial charge in [0.2, 0.25) is 0 Å². The first-order valence-corrected chi connectivity index (χ1v) is 18.6. The minimum Gasteiger partial charge on any atom is -0.391 e. The molecule has 0 aliphatic rings. The van der Waals surface area contributed by atoms with E-state index in [1.807, 2.05) is 0 Å². The Labute approximate surface area is 253 Å². The van der Waals surface area contributed by atoms with Crippen molar-refractivity contribution in [2.45, 2.75) is 219 Å². The Morgan fingerprint density at radius 1 is 0.350 bits per heavy atom. The number of unbranched alkanes of at least 4 members (excludes halogenated alkanes) is 26. The Kier molecular flexibility index (Phi) is 33.3. The molecule has 0 fully saturated rings. The van der Waals surface area contributed by atoms with Gasteiger partial charge in [-0.25, -0.2) is 0 Å². The summed E-state index contributed by atoms with van der Waals surface area (Å²) in [7, 11) is 0. The second-order valence-corrected chi connectivity index (χ2v) is 12.7. The van der Waals surface area contributed by atoms with E-state index in [2.05, 4.69) is 20.8 Å². The molecule has 0 bridgehead atoms. The van der Waals surface area contributed by atoms with Crippen molar-refractivity contribution in [3.8, 4) is 0 Å². The summed E-state index contributed by atoms with van der Waals surface area (Å²) in [4.78, 5) is 0. The van der Waals surface area contributed by atoms with Crippen molar-refractivity contribution in [2.75, 3.05) is 19.8 Å². The molecule has 40 heavy (non-hydrogen) atoms. The summed E-state index contributed by atoms with van der Waals surface area (Å²) in [6.45, 7) is 8.11. The lowest BCUT2D eigenvalue weighted by molar-refractivity contribution is -0.259. The second kappa shape index (κ2) is 33.4. The Balaban J connectivity index is 3.63. The van der Waals surface area contributed by atoms with E-state index in [0.717, 1.165) is 25.7 Å². The SMILES string of the molecule is CCCCCCCCCCCCCCCCOC(CO)(CCC)OCCCCCCCCCCCCCCCC. The first-order valence-electron chi connectivity index (χ1n) is 18.6. The van der Waals surface area contributed by atoms with Crippen molar-refractivity contribution in [3.05, 3.63) is 0 Å². The molecule has 0 unspecified atom stereocenters. The predicted octanol–water partition coefficient (Wildman–Crippen LogP) is 12.5. The lowest BCUT2D eigenvalue weighted by Gasteiger charge is -2.32. The number of ether oxygens (including phenoxy) is 2. The van der Waals surface area contributed by atoms with E-state index in [1.165, 1.54) is 167 Å². The first kappa shape index (κ1) is 39.9. The van der Waals surface area contributed by atoms with Gasteiger partial charge in [0.25, 0.3) is 0 Å². The maximum atomic E-state index is 10.1. The average molecular weight is 569 g/mol. The Morgan fingerprint density at radius 2 is 0.600 bits per heavy atom. The van der Waals surface area contributed by atoms with Gasteiger partial charge in [-0.05, 0) is 12.8 Å². The van der Waals surface area contributed by atoms with Crippen molar-refractivity contribution in [1.29, 1.82) is 0 Å². The fourth-order valence-corrected chi connectivity index (χ4v) is 5.85. The first-order chi connectivity index (χ1) is 19.7. The molecule has 3 heteroatoms. The summed E-state index contributed by atoms with van der Waals surface area (Å²) in [5, 5.41) is 10.1. The third kappa shape index (κ3) is 28.0. The molecule has 0 heterocycles. The maximum Gasteiger partial charge on any atom is 0.191 e. The molecular weight excluding hydrogens is 492 g/mol. The number of aliphatic hydroxyl groups is 1. The van der Waals surface area contributed by atoms with Crippen LogP contribution in [-0.2, 0) is 9.47 Å². The molecule has 0 amide bonds. The largest absolute Gasteiger partial charge is 0.391 e. The van der Waals surface area contributed by atoms with Crippen molar-refractivity contribution in [3.63, 3.8) is 0 Å². The molecule has 0 saturated heterocycles. The van der Waals surface area contributed by atoms with Crippen LogP contribution in [0.2, 0.25) is 0 Å². The highest BCUT2D eigenvalue weighted by atomic mass is 16.7. The lowest BCUT2D eigenvalue weighted by atomic mass is 10.0. The number of rotatable bonds is 35. The van der Waals surface area contributed by atoms with Gasteiger partial charge in [-0.3, -0.25) is 0 Å².